The monoisotopic (exact) mass is 428 g/mol. The number of halogens is 1. The van der Waals surface area contributed by atoms with Crippen molar-refractivity contribution in [3.05, 3.63) is 28.8 Å². The molecule has 1 amide bonds. The zero-order valence-corrected chi connectivity index (χ0v) is 18.4. The van der Waals surface area contributed by atoms with Gasteiger partial charge in [-0.1, -0.05) is 17.7 Å². The molecule has 28 heavy (non-hydrogen) atoms. The van der Waals surface area contributed by atoms with Crippen LogP contribution in [0.1, 0.15) is 39.2 Å². The van der Waals surface area contributed by atoms with Gasteiger partial charge in [-0.2, -0.15) is 0 Å². The number of sulfone groups is 1. The summed E-state index contributed by atoms with van der Waals surface area (Å²) in [5.41, 5.74) is 0.138. The maximum Gasteiger partial charge on any atom is 0.407 e. The van der Waals surface area contributed by atoms with Crippen molar-refractivity contribution in [1.82, 2.24) is 10.2 Å². The van der Waals surface area contributed by atoms with Crippen molar-refractivity contribution < 1.29 is 17.9 Å². The van der Waals surface area contributed by atoms with Gasteiger partial charge in [0.25, 0.3) is 0 Å². The molecular formula is C20H29ClN2O4S. The Labute approximate surface area is 172 Å². The smallest absolute Gasteiger partial charge is 0.407 e. The van der Waals surface area contributed by atoms with Crippen molar-refractivity contribution in [2.24, 2.45) is 11.8 Å². The second kappa shape index (κ2) is 7.84. The minimum absolute atomic E-state index is 0.0884. The predicted octanol–water partition coefficient (Wildman–Crippen LogP) is 3.48. The number of nitrogens with zero attached hydrogens (tertiary/aromatic N) is 1. The van der Waals surface area contributed by atoms with Crippen molar-refractivity contribution in [2.75, 3.05) is 19.3 Å². The Bertz CT molecular complexity index is 850. The molecule has 3 rings (SSSR count). The van der Waals surface area contributed by atoms with Crippen molar-refractivity contribution in [3.8, 4) is 0 Å². The molecule has 2 fully saturated rings. The lowest BCUT2D eigenvalue weighted by Crippen LogP contribution is -2.42. The fourth-order valence-corrected chi connectivity index (χ4v) is 5.63. The van der Waals surface area contributed by atoms with Crippen molar-refractivity contribution in [3.63, 3.8) is 0 Å². The molecule has 1 saturated carbocycles. The number of amides is 1. The van der Waals surface area contributed by atoms with E-state index in [2.05, 4.69) is 10.2 Å². The van der Waals surface area contributed by atoms with E-state index in [-0.39, 0.29) is 12.1 Å². The third-order valence-corrected chi connectivity index (χ3v) is 7.03. The molecule has 1 heterocycles. The third-order valence-electron chi connectivity index (χ3n) is 5.49. The highest BCUT2D eigenvalue weighted by Gasteiger charge is 2.43. The first kappa shape index (κ1) is 21.4. The van der Waals surface area contributed by atoms with Gasteiger partial charge in [0.1, 0.15) is 5.60 Å². The van der Waals surface area contributed by atoms with Gasteiger partial charge in [0.15, 0.2) is 9.84 Å². The lowest BCUT2D eigenvalue weighted by Gasteiger charge is -2.25. The topological polar surface area (TPSA) is 75.7 Å². The number of likely N-dealkylation sites (tertiary alicyclic amines) is 1. The SMILES string of the molecule is CC(C)(C)OC(=O)N[C@@H]1CC[C@H]2CN(Cc3c(Cl)cccc3S(C)(=O)=O)C[C@@H]21. The van der Waals surface area contributed by atoms with Gasteiger partial charge >= 0.3 is 6.09 Å². The maximum absolute atomic E-state index is 12.1. The molecule has 2 aliphatic rings. The molecule has 1 aliphatic heterocycles. The van der Waals surface area contributed by atoms with Crippen LogP contribution in [-0.2, 0) is 21.1 Å². The second-order valence-electron chi connectivity index (χ2n) is 8.94. The second-order valence-corrected chi connectivity index (χ2v) is 11.3. The first-order valence-electron chi connectivity index (χ1n) is 9.63. The molecule has 1 saturated heterocycles. The highest BCUT2D eigenvalue weighted by Crippen LogP contribution is 2.39. The summed E-state index contributed by atoms with van der Waals surface area (Å²) in [7, 11) is -3.34. The molecule has 3 atom stereocenters. The van der Waals surface area contributed by atoms with Crippen LogP contribution < -0.4 is 5.32 Å². The van der Waals surface area contributed by atoms with Gasteiger partial charge in [-0.3, -0.25) is 4.90 Å². The number of nitrogens with one attached hydrogen (secondary N) is 1. The van der Waals surface area contributed by atoms with E-state index >= 15 is 0 Å². The zero-order valence-electron chi connectivity index (χ0n) is 16.9. The standard InChI is InChI=1S/C20H29ClN2O4S/c1-20(2,3)27-19(24)22-17-9-8-13-10-23(11-14(13)17)12-15-16(21)6-5-7-18(15)28(4,25)26/h5-7,13-14,17H,8-12H2,1-4H3,(H,22,24)/t13-,14-,17+/m0/s1. The van der Waals surface area contributed by atoms with Gasteiger partial charge in [-0.15, -0.1) is 0 Å². The van der Waals surface area contributed by atoms with Crippen LogP contribution in [0.15, 0.2) is 23.1 Å². The predicted molar refractivity (Wildman–Crippen MR) is 109 cm³/mol. The molecule has 1 N–H and O–H groups in total. The van der Waals surface area contributed by atoms with E-state index in [0.717, 1.165) is 25.9 Å². The summed E-state index contributed by atoms with van der Waals surface area (Å²) in [6.07, 6.45) is 2.83. The Morgan fingerprint density at radius 1 is 1.29 bits per heavy atom. The Morgan fingerprint density at radius 2 is 2.00 bits per heavy atom. The van der Waals surface area contributed by atoms with E-state index in [1.54, 1.807) is 18.2 Å². The first-order valence-corrected chi connectivity index (χ1v) is 11.9. The molecule has 0 unspecified atom stereocenters. The van der Waals surface area contributed by atoms with Crippen LogP contribution in [0.4, 0.5) is 4.79 Å². The number of benzene rings is 1. The van der Waals surface area contributed by atoms with Gasteiger partial charge in [-0.25, -0.2) is 13.2 Å². The number of carbonyl (C=O) groups is 1. The minimum Gasteiger partial charge on any atom is -0.444 e. The largest absolute Gasteiger partial charge is 0.444 e. The molecule has 1 aromatic rings. The van der Waals surface area contributed by atoms with E-state index in [1.807, 2.05) is 20.8 Å². The fourth-order valence-electron chi connectivity index (χ4n) is 4.39. The van der Waals surface area contributed by atoms with Gasteiger partial charge in [0, 0.05) is 42.5 Å². The fraction of sp³-hybridized carbons (Fsp3) is 0.650. The van der Waals surface area contributed by atoms with Crippen LogP contribution in [-0.4, -0.2) is 50.4 Å². The van der Waals surface area contributed by atoms with Gasteiger partial charge in [-0.05, 0) is 57.6 Å². The lowest BCUT2D eigenvalue weighted by molar-refractivity contribution is 0.0491. The Kier molecular flexibility index (Phi) is 5.99. The Hall–Kier alpha value is -1.31. The summed E-state index contributed by atoms with van der Waals surface area (Å²) in [4.78, 5) is 14.7. The molecule has 156 valence electrons. The summed E-state index contributed by atoms with van der Waals surface area (Å²) >= 11 is 6.33. The average molecular weight is 429 g/mol. The average Bonchev–Trinajstić information content (AvgIpc) is 3.08. The minimum atomic E-state index is -3.34. The zero-order chi connectivity index (χ0) is 20.7. The van der Waals surface area contributed by atoms with Crippen LogP contribution in [0.25, 0.3) is 0 Å². The molecule has 8 heteroatoms. The molecule has 0 spiro atoms. The molecule has 1 aromatic carbocycles. The number of hydrogen-bond acceptors (Lipinski definition) is 5. The molecule has 0 aromatic heterocycles. The number of fused-ring (bicyclic) bond motifs is 1. The van der Waals surface area contributed by atoms with E-state index < -0.39 is 15.4 Å². The number of alkyl carbamates (subject to hydrolysis) is 1. The number of hydrogen-bond donors (Lipinski definition) is 1. The van der Waals surface area contributed by atoms with E-state index in [4.69, 9.17) is 16.3 Å². The Balaban J connectivity index is 1.67. The van der Waals surface area contributed by atoms with Crippen molar-refractivity contribution >= 4 is 27.5 Å². The van der Waals surface area contributed by atoms with E-state index in [9.17, 15) is 13.2 Å². The summed E-state index contributed by atoms with van der Waals surface area (Å²) in [5.74, 6) is 0.834. The number of rotatable bonds is 4. The van der Waals surface area contributed by atoms with Crippen LogP contribution in [0.3, 0.4) is 0 Å². The highest BCUT2D eigenvalue weighted by atomic mass is 35.5. The highest BCUT2D eigenvalue weighted by molar-refractivity contribution is 7.90. The molecule has 1 aliphatic carbocycles. The maximum atomic E-state index is 12.1. The summed E-state index contributed by atoms with van der Waals surface area (Å²) in [6.45, 7) is 7.73. The van der Waals surface area contributed by atoms with Gasteiger partial charge in [0.05, 0.1) is 4.90 Å². The van der Waals surface area contributed by atoms with Crippen LogP contribution >= 0.6 is 11.6 Å². The van der Waals surface area contributed by atoms with Crippen molar-refractivity contribution in [2.45, 2.75) is 56.7 Å². The van der Waals surface area contributed by atoms with Crippen LogP contribution in [0, 0.1) is 11.8 Å². The molecule has 0 bridgehead atoms. The molecular weight excluding hydrogens is 400 g/mol. The summed E-state index contributed by atoms with van der Waals surface area (Å²) < 4.78 is 29.6. The Morgan fingerprint density at radius 3 is 2.64 bits per heavy atom. The van der Waals surface area contributed by atoms with Crippen LogP contribution in [0.2, 0.25) is 5.02 Å². The normalized spacial score (nSPS) is 25.5. The lowest BCUT2D eigenvalue weighted by atomic mass is 9.98. The van der Waals surface area contributed by atoms with Crippen LogP contribution in [0.5, 0.6) is 0 Å². The van der Waals surface area contributed by atoms with E-state index in [1.165, 1.54) is 6.26 Å². The van der Waals surface area contributed by atoms with E-state index in [0.29, 0.717) is 33.9 Å². The molecule has 0 radical (unpaired) electrons. The number of ether oxygens (including phenoxy) is 1. The number of carbonyl (C=O) groups excluding carboxylic acids is 1. The first-order chi connectivity index (χ1) is 12.9. The third kappa shape index (κ3) is 4.99. The van der Waals surface area contributed by atoms with Gasteiger partial charge < -0.3 is 10.1 Å². The summed E-state index contributed by atoms with van der Waals surface area (Å²) in [6, 6.07) is 5.10. The van der Waals surface area contributed by atoms with Gasteiger partial charge in [0.2, 0.25) is 0 Å². The quantitative estimate of drug-likeness (QED) is 0.794. The summed E-state index contributed by atoms with van der Waals surface area (Å²) in [5, 5.41) is 3.50. The van der Waals surface area contributed by atoms with Crippen molar-refractivity contribution in [1.29, 1.82) is 0 Å². The molecule has 6 nitrogen and oxygen atoms in total.